The molecule has 0 radical (unpaired) electrons. The molecule has 5 aromatic rings. The molecule has 0 aliphatic carbocycles. The number of benzene rings is 3. The van der Waals surface area contributed by atoms with Crippen molar-refractivity contribution in [1.82, 2.24) is 19.5 Å². The highest BCUT2D eigenvalue weighted by Crippen LogP contribution is 2.32. The molecule has 0 aliphatic rings. The number of non-ortho nitro benzene ring substituents is 1. The summed E-state index contributed by atoms with van der Waals surface area (Å²) >= 11 is 12.0. The Morgan fingerprint density at radius 1 is 1.08 bits per heavy atom. The van der Waals surface area contributed by atoms with Gasteiger partial charge in [0.2, 0.25) is 0 Å². The van der Waals surface area contributed by atoms with Crippen LogP contribution in [0.2, 0.25) is 10.0 Å². The molecule has 0 saturated carbocycles. The average molecular weight is 552 g/mol. The molecule has 0 fully saturated rings. The van der Waals surface area contributed by atoms with Crippen LogP contribution in [0.5, 0.6) is 5.75 Å². The molecule has 0 saturated heterocycles. The number of aromatic nitrogens is 4. The van der Waals surface area contributed by atoms with Crippen LogP contribution >= 0.6 is 23.2 Å². The number of rotatable bonds is 5. The molecule has 37 heavy (non-hydrogen) atoms. The third-order valence-corrected chi connectivity index (χ3v) is 6.08. The van der Waals surface area contributed by atoms with Crippen LogP contribution in [-0.2, 0) is 13.0 Å². The zero-order valence-electron chi connectivity index (χ0n) is 19.1. The van der Waals surface area contributed by atoms with Gasteiger partial charge in [-0.05, 0) is 30.3 Å². The standard InChI is InChI=1S/C17H12Cl2F3N3O3.C7H6N2/c1-28-15-3-2-10(25(26)27)4-9(15)8-24-14-6-12(19)11(18)5-13(14)23-16(24)7-17(20,21)22;1-2-4-7-6(3-1)8-5-9-7/h2-6H,7-8H2,1H3;1-5H,(H,8,9). The minimum absolute atomic E-state index is 0.134. The molecule has 5 rings (SSSR count). The Labute approximate surface area is 217 Å². The van der Waals surface area contributed by atoms with Gasteiger partial charge in [0.05, 0.1) is 57.0 Å². The van der Waals surface area contributed by atoms with Crippen LogP contribution in [0, 0.1) is 10.1 Å². The van der Waals surface area contributed by atoms with Crippen molar-refractivity contribution in [2.75, 3.05) is 7.11 Å². The van der Waals surface area contributed by atoms with E-state index in [9.17, 15) is 23.3 Å². The molecule has 0 unspecified atom stereocenters. The monoisotopic (exact) mass is 551 g/mol. The lowest BCUT2D eigenvalue weighted by Crippen LogP contribution is -2.17. The van der Waals surface area contributed by atoms with Gasteiger partial charge in [-0.25, -0.2) is 9.97 Å². The van der Waals surface area contributed by atoms with E-state index in [0.29, 0.717) is 16.8 Å². The lowest BCUT2D eigenvalue weighted by atomic mass is 10.1. The predicted octanol–water partition coefficient (Wildman–Crippen LogP) is 6.98. The number of halogens is 5. The van der Waals surface area contributed by atoms with E-state index in [1.165, 1.54) is 42.0 Å². The number of nitrogens with zero attached hydrogens (tertiary/aromatic N) is 4. The number of nitrogens with one attached hydrogen (secondary N) is 1. The van der Waals surface area contributed by atoms with E-state index in [4.69, 9.17) is 27.9 Å². The number of imidazole rings is 2. The van der Waals surface area contributed by atoms with E-state index in [2.05, 4.69) is 15.0 Å². The smallest absolute Gasteiger partial charge is 0.396 e. The summed E-state index contributed by atoms with van der Waals surface area (Å²) in [6.07, 6.45) is -4.09. The quantitative estimate of drug-likeness (QED) is 0.188. The van der Waals surface area contributed by atoms with Crippen molar-refractivity contribution in [1.29, 1.82) is 0 Å². The summed E-state index contributed by atoms with van der Waals surface area (Å²) in [6.45, 7) is -0.134. The normalized spacial score (nSPS) is 11.4. The second kappa shape index (κ2) is 10.7. The van der Waals surface area contributed by atoms with E-state index >= 15 is 0 Å². The highest BCUT2D eigenvalue weighted by atomic mass is 35.5. The Bertz CT molecular complexity index is 1550. The summed E-state index contributed by atoms with van der Waals surface area (Å²) in [5, 5.41) is 11.4. The van der Waals surface area contributed by atoms with Gasteiger partial charge in [0.15, 0.2) is 0 Å². The van der Waals surface area contributed by atoms with Gasteiger partial charge in [-0.15, -0.1) is 0 Å². The van der Waals surface area contributed by atoms with E-state index in [1.807, 2.05) is 24.3 Å². The first kappa shape index (κ1) is 26.2. The number of H-pyrrole nitrogens is 1. The number of methoxy groups -OCH3 is 1. The minimum Gasteiger partial charge on any atom is -0.496 e. The summed E-state index contributed by atoms with van der Waals surface area (Å²) in [5.74, 6) is 0.0276. The number of aromatic amines is 1. The summed E-state index contributed by atoms with van der Waals surface area (Å²) in [6, 6.07) is 14.6. The Morgan fingerprint density at radius 3 is 2.49 bits per heavy atom. The predicted molar refractivity (Wildman–Crippen MR) is 134 cm³/mol. The van der Waals surface area contributed by atoms with Crippen LogP contribution in [0.4, 0.5) is 18.9 Å². The largest absolute Gasteiger partial charge is 0.496 e. The Kier molecular flexibility index (Phi) is 7.55. The van der Waals surface area contributed by atoms with E-state index in [0.717, 1.165) is 11.0 Å². The van der Waals surface area contributed by atoms with Crippen LogP contribution in [0.25, 0.3) is 22.1 Å². The van der Waals surface area contributed by atoms with Crippen LogP contribution < -0.4 is 4.74 Å². The lowest BCUT2D eigenvalue weighted by molar-refractivity contribution is -0.384. The molecule has 0 atom stereocenters. The van der Waals surface area contributed by atoms with Crippen molar-refractivity contribution in [2.24, 2.45) is 0 Å². The summed E-state index contributed by atoms with van der Waals surface area (Å²) in [7, 11) is 1.37. The van der Waals surface area contributed by atoms with Gasteiger partial charge in [-0.2, -0.15) is 13.2 Å². The molecule has 2 heterocycles. The summed E-state index contributed by atoms with van der Waals surface area (Å²) in [4.78, 5) is 21.6. The molecule has 8 nitrogen and oxygen atoms in total. The lowest BCUT2D eigenvalue weighted by Gasteiger charge is -2.14. The van der Waals surface area contributed by atoms with Crippen molar-refractivity contribution in [3.63, 3.8) is 0 Å². The van der Waals surface area contributed by atoms with Crippen molar-refractivity contribution in [3.8, 4) is 5.75 Å². The zero-order chi connectivity index (χ0) is 26.7. The number of hydrogen-bond acceptors (Lipinski definition) is 5. The number of nitro benzene ring substituents is 1. The molecular weight excluding hydrogens is 534 g/mol. The Balaban J connectivity index is 0.000000295. The molecule has 2 aromatic heterocycles. The average Bonchev–Trinajstić information content (AvgIpc) is 3.44. The van der Waals surface area contributed by atoms with Gasteiger partial charge in [0.25, 0.3) is 5.69 Å². The van der Waals surface area contributed by atoms with E-state index in [-0.39, 0.29) is 33.6 Å². The SMILES string of the molecule is COc1ccc([N+](=O)[O-])cc1Cn1c(CC(F)(F)F)nc2cc(Cl)c(Cl)cc21.c1ccc2[nH]cnc2c1. The van der Waals surface area contributed by atoms with Crippen molar-refractivity contribution in [3.05, 3.63) is 92.5 Å². The highest BCUT2D eigenvalue weighted by Gasteiger charge is 2.31. The number of para-hydroxylation sites is 2. The molecule has 192 valence electrons. The van der Waals surface area contributed by atoms with Gasteiger partial charge < -0.3 is 14.3 Å². The molecule has 1 N–H and O–H groups in total. The fourth-order valence-corrected chi connectivity index (χ4v) is 4.03. The summed E-state index contributed by atoms with van der Waals surface area (Å²) in [5.41, 5.74) is 2.79. The number of hydrogen-bond donors (Lipinski definition) is 1. The number of ether oxygens (including phenoxy) is 1. The van der Waals surface area contributed by atoms with Gasteiger partial charge in [-0.1, -0.05) is 35.3 Å². The molecular formula is C24H18Cl2F3N5O3. The van der Waals surface area contributed by atoms with Crippen molar-refractivity contribution in [2.45, 2.75) is 19.1 Å². The first-order valence-corrected chi connectivity index (χ1v) is 11.4. The second-order valence-corrected chi connectivity index (χ2v) is 8.65. The maximum absolute atomic E-state index is 13.0. The van der Waals surface area contributed by atoms with Crippen LogP contribution in [0.15, 0.2) is 60.9 Å². The Hall–Kier alpha value is -3.83. The highest BCUT2D eigenvalue weighted by molar-refractivity contribution is 6.42. The molecule has 0 amide bonds. The molecule has 0 aliphatic heterocycles. The topological polar surface area (TPSA) is 98.9 Å². The van der Waals surface area contributed by atoms with E-state index < -0.39 is 17.5 Å². The molecule has 0 bridgehead atoms. The van der Waals surface area contributed by atoms with Gasteiger partial charge in [0, 0.05) is 17.7 Å². The molecule has 13 heteroatoms. The fourth-order valence-electron chi connectivity index (χ4n) is 3.71. The number of alkyl halides is 3. The first-order chi connectivity index (χ1) is 17.6. The Morgan fingerprint density at radius 2 is 1.81 bits per heavy atom. The third-order valence-electron chi connectivity index (χ3n) is 5.36. The van der Waals surface area contributed by atoms with Crippen LogP contribution in [0.3, 0.4) is 0 Å². The van der Waals surface area contributed by atoms with Crippen LogP contribution in [-0.4, -0.2) is 37.7 Å². The molecule has 3 aromatic carbocycles. The number of nitro groups is 1. The fraction of sp³-hybridized carbons (Fsp3) is 0.167. The second-order valence-electron chi connectivity index (χ2n) is 7.83. The number of fused-ring (bicyclic) bond motifs is 2. The van der Waals surface area contributed by atoms with Crippen molar-refractivity contribution >= 4 is 51.0 Å². The van der Waals surface area contributed by atoms with E-state index in [1.54, 1.807) is 6.33 Å². The van der Waals surface area contributed by atoms with Gasteiger partial charge in [-0.3, -0.25) is 10.1 Å². The van der Waals surface area contributed by atoms with Gasteiger partial charge >= 0.3 is 6.18 Å². The zero-order valence-corrected chi connectivity index (χ0v) is 20.6. The molecule has 0 spiro atoms. The van der Waals surface area contributed by atoms with Crippen LogP contribution in [0.1, 0.15) is 11.4 Å². The summed E-state index contributed by atoms with van der Waals surface area (Å²) < 4.78 is 45.6. The minimum atomic E-state index is -4.50. The third kappa shape index (κ3) is 6.12. The van der Waals surface area contributed by atoms with Gasteiger partial charge in [0.1, 0.15) is 18.0 Å². The van der Waals surface area contributed by atoms with Crippen molar-refractivity contribution < 1.29 is 22.8 Å². The first-order valence-electron chi connectivity index (χ1n) is 10.7. The maximum atomic E-state index is 13.0. The maximum Gasteiger partial charge on any atom is 0.396 e.